The number of benzene rings is 4. The van der Waals surface area contributed by atoms with Crippen molar-refractivity contribution in [2.45, 2.75) is 77.9 Å². The third kappa shape index (κ3) is 8.56. The summed E-state index contributed by atoms with van der Waals surface area (Å²) in [6.45, 7) is 11.7. The quantitative estimate of drug-likeness (QED) is 0.118. The van der Waals surface area contributed by atoms with Crippen molar-refractivity contribution in [3.8, 4) is 33.6 Å². The first kappa shape index (κ1) is 38.0. The van der Waals surface area contributed by atoms with Crippen LogP contribution in [0.2, 0.25) is 19.6 Å². The Morgan fingerprint density at radius 1 is 0.750 bits per heavy atom. The van der Waals surface area contributed by atoms with Crippen molar-refractivity contribution in [1.82, 2.24) is 9.97 Å². The molecule has 2 nitrogen and oxygen atoms in total. The fraction of sp³-hybridized carbons (Fsp3) is 0.277. The molecule has 7 aromatic rings. The molecule has 1 fully saturated rings. The van der Waals surface area contributed by atoms with Gasteiger partial charge >= 0.3 is 0 Å². The Balaban J connectivity index is 0.000000193. The van der Waals surface area contributed by atoms with Crippen molar-refractivity contribution in [3.05, 3.63) is 139 Å². The number of hydrogen-bond acceptors (Lipinski definition) is 3. The molecule has 0 N–H and O–H groups in total. The molecule has 8 rings (SSSR count). The number of nitrogens with zero attached hydrogens (tertiary/aromatic N) is 2. The standard InChI is InChI=1S/C29H24NS.C18H24NSi.Ir/c1-3-9-20(10-4-1)22-17-18-30-27(19-22)26-16-8-15-25-24-14-7-13-23(28(24)31-29(25)26)21-11-5-2-6-12-21;1-14(2)11-16-12-17(15-9-7-6-8-10-15)19-13-18(16)20(3,4)5;/h2,5-8,11-15,17-20H,1,3-4,9-10H2;6-9,12-14H,11H2,1-5H3;/q2*-1;. The smallest absolute Gasteiger partial charge is 0.0798 e. The first-order valence-electron chi connectivity index (χ1n) is 18.6. The molecule has 0 aliphatic heterocycles. The van der Waals surface area contributed by atoms with Crippen LogP contribution in [-0.2, 0) is 26.5 Å². The summed E-state index contributed by atoms with van der Waals surface area (Å²) < 4.78 is 2.63. The van der Waals surface area contributed by atoms with E-state index in [0.29, 0.717) is 11.8 Å². The predicted octanol–water partition coefficient (Wildman–Crippen LogP) is 12.9. The van der Waals surface area contributed by atoms with Crippen LogP contribution in [0.1, 0.15) is 63.0 Å². The zero-order valence-corrected chi connectivity index (χ0v) is 35.2. The minimum Gasteiger partial charge on any atom is -0.305 e. The molecule has 5 heteroatoms. The topological polar surface area (TPSA) is 25.8 Å². The summed E-state index contributed by atoms with van der Waals surface area (Å²) in [5.74, 6) is 1.35. The molecule has 0 amide bonds. The largest absolute Gasteiger partial charge is 0.305 e. The van der Waals surface area contributed by atoms with E-state index >= 15 is 0 Å². The number of fused-ring (bicyclic) bond motifs is 3. The minimum atomic E-state index is -1.34. The van der Waals surface area contributed by atoms with Gasteiger partial charge in [0, 0.05) is 37.2 Å². The van der Waals surface area contributed by atoms with Crippen LogP contribution < -0.4 is 5.19 Å². The van der Waals surface area contributed by atoms with E-state index in [1.807, 2.05) is 35.7 Å². The van der Waals surface area contributed by atoms with Crippen molar-refractivity contribution < 1.29 is 20.1 Å². The molecule has 52 heavy (non-hydrogen) atoms. The molecule has 1 saturated carbocycles. The van der Waals surface area contributed by atoms with E-state index in [0.717, 1.165) is 28.9 Å². The molecule has 0 atom stereocenters. The number of hydrogen-bond donors (Lipinski definition) is 0. The Hall–Kier alpha value is -3.73. The van der Waals surface area contributed by atoms with Crippen LogP contribution in [0.25, 0.3) is 53.8 Å². The Morgan fingerprint density at radius 3 is 2.25 bits per heavy atom. The normalized spacial score (nSPS) is 13.5. The summed E-state index contributed by atoms with van der Waals surface area (Å²) in [4.78, 5) is 9.47. The van der Waals surface area contributed by atoms with Crippen LogP contribution in [0.15, 0.2) is 116 Å². The van der Waals surface area contributed by atoms with Crippen LogP contribution in [0.3, 0.4) is 0 Å². The maximum Gasteiger partial charge on any atom is 0.0798 e. The number of rotatable bonds is 7. The van der Waals surface area contributed by atoms with E-state index in [1.165, 1.54) is 79.7 Å². The fourth-order valence-corrected chi connectivity index (χ4v) is 10.5. The van der Waals surface area contributed by atoms with Gasteiger partial charge in [-0.25, -0.2) is 0 Å². The monoisotopic (exact) mass is 893 g/mol. The molecule has 4 aromatic carbocycles. The molecule has 3 heterocycles. The minimum absolute atomic E-state index is 0. The summed E-state index contributed by atoms with van der Waals surface area (Å²) in [7, 11) is -1.34. The molecule has 0 saturated heterocycles. The van der Waals surface area contributed by atoms with Gasteiger partial charge in [0.05, 0.1) is 8.07 Å². The predicted molar refractivity (Wildman–Crippen MR) is 223 cm³/mol. The molecule has 0 spiro atoms. The Kier molecular flexibility index (Phi) is 12.4. The molecule has 1 aliphatic carbocycles. The summed E-state index contributed by atoms with van der Waals surface area (Å²) in [5.41, 5.74) is 9.80. The molecule has 267 valence electrons. The van der Waals surface area contributed by atoms with Gasteiger partial charge in [-0.2, -0.15) is 11.3 Å². The summed E-state index contributed by atoms with van der Waals surface area (Å²) >= 11 is 1.87. The molecule has 3 aromatic heterocycles. The van der Waals surface area contributed by atoms with E-state index in [9.17, 15) is 0 Å². The maximum absolute atomic E-state index is 4.78. The van der Waals surface area contributed by atoms with Gasteiger partial charge in [-0.05, 0) is 75.0 Å². The van der Waals surface area contributed by atoms with E-state index in [2.05, 4.69) is 142 Å². The van der Waals surface area contributed by atoms with Crippen molar-refractivity contribution in [2.24, 2.45) is 5.92 Å². The second-order valence-electron chi connectivity index (χ2n) is 15.4. The first-order chi connectivity index (χ1) is 24.8. The SMILES string of the molecule is CC(C)Cc1cc(-c2[c-]cccc2)ncc1[Si](C)(C)C.[Ir].[c-]1ccc2c(sc3c(-c4ccccc4)cccc32)c1-c1cc(C2CCCCC2)ccn1. The molecular weight excluding hydrogens is 845 g/mol. The molecular formula is C47H48IrN2SSi-2. The Bertz CT molecular complexity index is 2230. The van der Waals surface area contributed by atoms with Crippen LogP contribution >= 0.6 is 11.3 Å². The summed E-state index contributed by atoms with van der Waals surface area (Å²) in [6.07, 6.45) is 11.9. The average Bonchev–Trinajstić information content (AvgIpc) is 3.55. The fourth-order valence-electron chi connectivity index (χ4n) is 7.55. The number of aromatic nitrogens is 2. The zero-order valence-electron chi connectivity index (χ0n) is 31.0. The Labute approximate surface area is 329 Å². The third-order valence-corrected chi connectivity index (χ3v) is 13.4. The number of thiophene rings is 1. The van der Waals surface area contributed by atoms with Gasteiger partial charge in [-0.15, -0.1) is 59.7 Å². The van der Waals surface area contributed by atoms with Crippen molar-refractivity contribution in [2.75, 3.05) is 0 Å². The van der Waals surface area contributed by atoms with Gasteiger partial charge in [0.2, 0.25) is 0 Å². The maximum atomic E-state index is 4.78. The second kappa shape index (κ2) is 16.9. The van der Waals surface area contributed by atoms with Gasteiger partial charge in [-0.1, -0.05) is 130 Å². The van der Waals surface area contributed by atoms with E-state index in [-0.39, 0.29) is 20.1 Å². The van der Waals surface area contributed by atoms with Gasteiger partial charge in [0.15, 0.2) is 0 Å². The van der Waals surface area contributed by atoms with Crippen LogP contribution in [-0.4, -0.2) is 18.0 Å². The van der Waals surface area contributed by atoms with E-state index in [4.69, 9.17) is 4.98 Å². The van der Waals surface area contributed by atoms with Gasteiger partial charge in [0.1, 0.15) is 0 Å². The van der Waals surface area contributed by atoms with Crippen molar-refractivity contribution in [1.29, 1.82) is 0 Å². The molecule has 1 aliphatic rings. The Morgan fingerprint density at radius 2 is 1.52 bits per heavy atom. The molecule has 1 radical (unpaired) electrons. The number of pyridine rings is 2. The summed E-state index contributed by atoms with van der Waals surface area (Å²) in [5, 5.41) is 4.11. The first-order valence-corrected chi connectivity index (χ1v) is 22.9. The molecule has 0 bridgehead atoms. The zero-order chi connectivity index (χ0) is 35.4. The van der Waals surface area contributed by atoms with Gasteiger partial charge in [-0.3, -0.25) is 0 Å². The molecule has 0 unspecified atom stereocenters. The van der Waals surface area contributed by atoms with E-state index in [1.54, 1.807) is 0 Å². The van der Waals surface area contributed by atoms with E-state index < -0.39 is 8.07 Å². The van der Waals surface area contributed by atoms with Gasteiger partial charge in [0.25, 0.3) is 0 Å². The second-order valence-corrected chi connectivity index (χ2v) is 21.5. The third-order valence-electron chi connectivity index (χ3n) is 10.1. The van der Waals surface area contributed by atoms with Crippen LogP contribution in [0, 0.1) is 18.1 Å². The summed E-state index contributed by atoms with van der Waals surface area (Å²) in [6, 6.07) is 43.3. The van der Waals surface area contributed by atoms with Crippen molar-refractivity contribution >= 4 is 44.8 Å². The average molecular weight is 893 g/mol. The van der Waals surface area contributed by atoms with Crippen molar-refractivity contribution in [3.63, 3.8) is 0 Å². The van der Waals surface area contributed by atoms with Crippen LogP contribution in [0.5, 0.6) is 0 Å². The van der Waals surface area contributed by atoms with Gasteiger partial charge < -0.3 is 9.97 Å². The van der Waals surface area contributed by atoms with Crippen LogP contribution in [0.4, 0.5) is 0 Å².